The van der Waals surface area contributed by atoms with Crippen molar-refractivity contribution in [1.29, 1.82) is 0 Å². The van der Waals surface area contributed by atoms with Gasteiger partial charge in [0, 0.05) is 34.6 Å². The van der Waals surface area contributed by atoms with Crippen LogP contribution in [0.15, 0.2) is 59.9 Å². The van der Waals surface area contributed by atoms with Gasteiger partial charge in [0.1, 0.15) is 5.82 Å². The van der Waals surface area contributed by atoms with E-state index in [1.165, 1.54) is 17.0 Å². The number of aliphatic hydroxyl groups is 1. The van der Waals surface area contributed by atoms with Gasteiger partial charge in [-0.05, 0) is 30.7 Å². The van der Waals surface area contributed by atoms with Crippen molar-refractivity contribution < 1.29 is 19.1 Å². The summed E-state index contributed by atoms with van der Waals surface area (Å²) in [6.07, 6.45) is 0. The first kappa shape index (κ1) is 19.9. The molecule has 1 atom stereocenters. The fraction of sp³-hybridized carbons (Fsp3) is 0.250. The Balaban J connectivity index is 1.89. The van der Waals surface area contributed by atoms with Crippen molar-refractivity contribution in [2.24, 2.45) is 5.92 Å². The molecule has 0 saturated carbocycles. The van der Waals surface area contributed by atoms with Crippen molar-refractivity contribution >= 4 is 22.6 Å². The second-order valence-electron chi connectivity index (χ2n) is 7.95. The number of hydrogen-bond acceptors (Lipinski definition) is 3. The number of para-hydroxylation sites is 1. The number of carbonyl (C=O) groups is 2. The number of aliphatic hydroxyl groups excluding tert-OH is 1. The minimum Gasteiger partial charge on any atom is -0.503 e. The van der Waals surface area contributed by atoms with E-state index in [1.807, 2.05) is 31.2 Å². The van der Waals surface area contributed by atoms with Gasteiger partial charge in [-0.3, -0.25) is 9.59 Å². The number of H-pyrrole nitrogens is 1. The summed E-state index contributed by atoms with van der Waals surface area (Å²) in [5, 5.41) is 11.6. The van der Waals surface area contributed by atoms with Gasteiger partial charge in [-0.2, -0.15) is 0 Å². The predicted molar refractivity (Wildman–Crippen MR) is 112 cm³/mol. The summed E-state index contributed by atoms with van der Waals surface area (Å²) >= 11 is 0. The molecule has 0 radical (unpaired) electrons. The van der Waals surface area contributed by atoms with Gasteiger partial charge in [0.15, 0.2) is 11.5 Å². The second-order valence-corrected chi connectivity index (χ2v) is 7.95. The van der Waals surface area contributed by atoms with E-state index in [0.717, 1.165) is 22.2 Å². The van der Waals surface area contributed by atoms with Crippen LogP contribution in [0.2, 0.25) is 0 Å². The SMILES string of the molecule is Cc1[nH]c2ccccc2c1C1C(C(=O)C(C)C)=C(O)C(=O)N1Cc1ccc(F)cc1. The van der Waals surface area contributed by atoms with Crippen molar-refractivity contribution in [3.63, 3.8) is 0 Å². The summed E-state index contributed by atoms with van der Waals surface area (Å²) < 4.78 is 13.3. The van der Waals surface area contributed by atoms with E-state index in [9.17, 15) is 19.1 Å². The highest BCUT2D eigenvalue weighted by Gasteiger charge is 2.45. The zero-order valence-electron chi connectivity index (χ0n) is 17.1. The highest BCUT2D eigenvalue weighted by Crippen LogP contribution is 2.43. The number of hydrogen-bond donors (Lipinski definition) is 2. The highest BCUT2D eigenvalue weighted by atomic mass is 19.1. The Morgan fingerprint density at radius 2 is 1.83 bits per heavy atom. The molecule has 4 rings (SSSR count). The molecule has 1 amide bonds. The average Bonchev–Trinajstić information content (AvgIpc) is 3.16. The molecule has 0 spiro atoms. The topological polar surface area (TPSA) is 73.4 Å². The van der Waals surface area contributed by atoms with Crippen molar-refractivity contribution in [2.75, 3.05) is 0 Å². The zero-order chi connectivity index (χ0) is 21.6. The lowest BCUT2D eigenvalue weighted by Crippen LogP contribution is -2.31. The van der Waals surface area contributed by atoms with Crippen LogP contribution >= 0.6 is 0 Å². The Morgan fingerprint density at radius 3 is 2.50 bits per heavy atom. The van der Waals surface area contributed by atoms with E-state index in [0.29, 0.717) is 5.56 Å². The molecule has 2 aromatic carbocycles. The molecule has 3 aromatic rings. The first-order chi connectivity index (χ1) is 14.3. The minimum absolute atomic E-state index is 0.116. The lowest BCUT2D eigenvalue weighted by atomic mass is 9.89. The third-order valence-corrected chi connectivity index (χ3v) is 5.58. The summed E-state index contributed by atoms with van der Waals surface area (Å²) in [5.74, 6) is -2.12. The summed E-state index contributed by atoms with van der Waals surface area (Å²) in [7, 11) is 0. The zero-order valence-corrected chi connectivity index (χ0v) is 17.1. The highest BCUT2D eigenvalue weighted by molar-refractivity contribution is 6.10. The molecular weight excluding hydrogens is 383 g/mol. The predicted octanol–water partition coefficient (Wildman–Crippen LogP) is 4.74. The molecule has 6 heteroatoms. The smallest absolute Gasteiger partial charge is 0.290 e. The molecule has 0 fully saturated rings. The van der Waals surface area contributed by atoms with Crippen LogP contribution < -0.4 is 0 Å². The molecule has 30 heavy (non-hydrogen) atoms. The number of nitrogens with zero attached hydrogens (tertiary/aromatic N) is 1. The van der Waals surface area contributed by atoms with Crippen LogP contribution in [0.1, 0.15) is 36.7 Å². The van der Waals surface area contributed by atoms with Gasteiger partial charge in [-0.1, -0.05) is 44.2 Å². The molecule has 5 nitrogen and oxygen atoms in total. The molecule has 154 valence electrons. The number of aromatic amines is 1. The van der Waals surface area contributed by atoms with Gasteiger partial charge < -0.3 is 15.0 Å². The van der Waals surface area contributed by atoms with E-state index in [2.05, 4.69) is 4.98 Å². The number of amides is 1. The maximum Gasteiger partial charge on any atom is 0.290 e. The Hall–Kier alpha value is -3.41. The fourth-order valence-corrected chi connectivity index (χ4v) is 4.12. The van der Waals surface area contributed by atoms with Crippen molar-refractivity contribution in [1.82, 2.24) is 9.88 Å². The van der Waals surface area contributed by atoms with Gasteiger partial charge in [-0.15, -0.1) is 0 Å². The van der Waals surface area contributed by atoms with Crippen LogP contribution in [-0.2, 0) is 16.1 Å². The number of aromatic nitrogens is 1. The van der Waals surface area contributed by atoms with Crippen LogP contribution in [0.4, 0.5) is 4.39 Å². The van der Waals surface area contributed by atoms with Crippen molar-refractivity contribution in [2.45, 2.75) is 33.4 Å². The average molecular weight is 406 g/mol. The minimum atomic E-state index is -0.728. The van der Waals surface area contributed by atoms with E-state index in [1.54, 1.807) is 26.0 Å². The number of carbonyl (C=O) groups excluding carboxylic acids is 2. The molecule has 1 unspecified atom stereocenters. The normalized spacial score (nSPS) is 16.9. The summed E-state index contributed by atoms with van der Waals surface area (Å²) in [4.78, 5) is 30.9. The quantitative estimate of drug-likeness (QED) is 0.643. The molecule has 2 heterocycles. The number of Topliss-reactive ketones (excluding diaryl/α,β-unsaturated/α-hetero) is 1. The van der Waals surface area contributed by atoms with E-state index >= 15 is 0 Å². The van der Waals surface area contributed by atoms with Gasteiger partial charge in [0.2, 0.25) is 0 Å². The number of aryl methyl sites for hydroxylation is 1. The Labute approximate surface area is 173 Å². The summed E-state index contributed by atoms with van der Waals surface area (Å²) in [6, 6.07) is 12.8. The number of halogens is 1. The Kier molecular flexibility index (Phi) is 4.94. The van der Waals surface area contributed by atoms with Crippen LogP contribution in [0.25, 0.3) is 10.9 Å². The van der Waals surface area contributed by atoms with Crippen LogP contribution in [0, 0.1) is 18.7 Å². The molecule has 2 N–H and O–H groups in total. The standard InChI is InChI=1S/C24H23FN2O3/c1-13(2)22(28)20-21(19-14(3)26-18-7-5-4-6-17(18)19)27(24(30)23(20)29)12-15-8-10-16(25)11-9-15/h4-11,13,21,26,29H,12H2,1-3H3. The Morgan fingerprint density at radius 1 is 1.17 bits per heavy atom. The largest absolute Gasteiger partial charge is 0.503 e. The maximum atomic E-state index is 13.3. The van der Waals surface area contributed by atoms with Gasteiger partial charge in [-0.25, -0.2) is 4.39 Å². The molecule has 1 aromatic heterocycles. The van der Waals surface area contributed by atoms with E-state index in [4.69, 9.17) is 0 Å². The first-order valence-corrected chi connectivity index (χ1v) is 9.89. The molecule has 0 saturated heterocycles. The number of benzene rings is 2. The maximum absolute atomic E-state index is 13.3. The fourth-order valence-electron chi connectivity index (χ4n) is 4.12. The number of ketones is 1. The van der Waals surface area contributed by atoms with Gasteiger partial charge in [0.05, 0.1) is 11.6 Å². The van der Waals surface area contributed by atoms with Crippen molar-refractivity contribution in [3.8, 4) is 0 Å². The Bertz CT molecular complexity index is 1170. The lowest BCUT2D eigenvalue weighted by molar-refractivity contribution is -0.130. The number of fused-ring (bicyclic) bond motifs is 1. The summed E-state index contributed by atoms with van der Waals surface area (Å²) in [5.41, 5.74) is 3.32. The van der Waals surface area contributed by atoms with Crippen LogP contribution in [-0.4, -0.2) is 26.7 Å². The van der Waals surface area contributed by atoms with Crippen molar-refractivity contribution in [3.05, 3.63) is 82.5 Å². The number of nitrogens with one attached hydrogen (secondary N) is 1. The van der Waals surface area contributed by atoms with Gasteiger partial charge in [0.25, 0.3) is 5.91 Å². The van der Waals surface area contributed by atoms with E-state index < -0.39 is 17.7 Å². The molecule has 0 aliphatic carbocycles. The molecule has 1 aliphatic rings. The monoisotopic (exact) mass is 406 g/mol. The third kappa shape index (κ3) is 3.18. The van der Waals surface area contributed by atoms with Crippen LogP contribution in [0.5, 0.6) is 0 Å². The molecular formula is C24H23FN2O3. The molecule has 1 aliphatic heterocycles. The third-order valence-electron chi connectivity index (χ3n) is 5.58. The van der Waals surface area contributed by atoms with Crippen LogP contribution in [0.3, 0.4) is 0 Å². The number of rotatable bonds is 5. The van der Waals surface area contributed by atoms with Gasteiger partial charge >= 0.3 is 0 Å². The second kappa shape index (κ2) is 7.44. The molecule has 0 bridgehead atoms. The summed E-state index contributed by atoms with van der Waals surface area (Å²) in [6.45, 7) is 5.52. The lowest BCUT2D eigenvalue weighted by Gasteiger charge is -2.27. The first-order valence-electron chi connectivity index (χ1n) is 9.89. The van der Waals surface area contributed by atoms with E-state index in [-0.39, 0.29) is 29.6 Å².